The molecular weight excluding hydrogens is 484 g/mol. The summed E-state index contributed by atoms with van der Waals surface area (Å²) in [4.78, 5) is 44.3. The van der Waals surface area contributed by atoms with E-state index in [0.29, 0.717) is 42.9 Å². The Kier molecular flexibility index (Phi) is 8.37. The molecule has 3 aliphatic heterocycles. The van der Waals surface area contributed by atoms with Crippen LogP contribution in [0.15, 0.2) is 36.9 Å². The number of ether oxygens (including phenoxy) is 2. The average molecular weight is 519 g/mol. The lowest BCUT2D eigenvalue weighted by Crippen LogP contribution is -2.56. The van der Waals surface area contributed by atoms with Gasteiger partial charge in [-0.2, -0.15) is 0 Å². The van der Waals surface area contributed by atoms with Gasteiger partial charge in [0.1, 0.15) is 11.6 Å². The lowest BCUT2D eigenvalue weighted by atomic mass is 9.70. The largest absolute Gasteiger partial charge is 0.466 e. The Morgan fingerprint density at radius 1 is 1.31 bits per heavy atom. The van der Waals surface area contributed by atoms with E-state index in [0.717, 1.165) is 12.8 Å². The number of aliphatic hydroxyl groups excluding tert-OH is 1. The van der Waals surface area contributed by atoms with Crippen molar-refractivity contribution in [3.63, 3.8) is 0 Å². The van der Waals surface area contributed by atoms with Gasteiger partial charge in [0.05, 0.1) is 35.3 Å². The Hall–Kier alpha value is -2.42. The van der Waals surface area contributed by atoms with Crippen molar-refractivity contribution in [1.29, 1.82) is 0 Å². The first kappa shape index (κ1) is 26.6. The van der Waals surface area contributed by atoms with E-state index in [1.807, 2.05) is 0 Å². The number of para-hydroxylation sites is 1. The monoisotopic (exact) mass is 518 g/mol. The quantitative estimate of drug-likeness (QED) is 0.259. The van der Waals surface area contributed by atoms with Crippen molar-refractivity contribution >= 4 is 35.1 Å². The van der Waals surface area contributed by atoms with Crippen molar-refractivity contribution < 1.29 is 29.0 Å². The first-order valence-electron chi connectivity index (χ1n) is 12.8. The number of rotatable bonds is 12. The number of aliphatic hydroxyl groups is 1. The number of hydrogen-bond acceptors (Lipinski definition) is 6. The molecule has 1 N–H and O–H groups in total. The molecule has 3 aliphatic rings. The number of anilines is 1. The van der Waals surface area contributed by atoms with E-state index < -0.39 is 35.6 Å². The van der Waals surface area contributed by atoms with E-state index in [2.05, 4.69) is 6.58 Å². The van der Waals surface area contributed by atoms with Crippen LogP contribution in [0.25, 0.3) is 0 Å². The van der Waals surface area contributed by atoms with Crippen LogP contribution in [0.3, 0.4) is 0 Å². The Bertz CT molecular complexity index is 1000. The van der Waals surface area contributed by atoms with Gasteiger partial charge >= 0.3 is 5.97 Å². The second kappa shape index (κ2) is 11.3. The lowest BCUT2D eigenvalue weighted by molar-refractivity contribution is -0.154. The number of unbranched alkanes of at least 4 members (excludes halogenated alkanes) is 3. The van der Waals surface area contributed by atoms with E-state index in [4.69, 9.17) is 26.2 Å². The van der Waals surface area contributed by atoms with Crippen LogP contribution in [-0.2, 0) is 23.9 Å². The number of nitrogens with zero attached hydrogens (tertiary/aromatic N) is 2. The molecule has 5 atom stereocenters. The summed E-state index contributed by atoms with van der Waals surface area (Å²) in [6, 6.07) is 6.20. The normalized spacial score (nSPS) is 28.3. The van der Waals surface area contributed by atoms with Crippen molar-refractivity contribution in [3.05, 3.63) is 41.9 Å². The third-order valence-electron chi connectivity index (χ3n) is 7.62. The maximum Gasteiger partial charge on any atom is 0.312 e. The highest BCUT2D eigenvalue weighted by Crippen LogP contribution is 2.59. The average Bonchev–Trinajstić information content (AvgIpc) is 3.50. The van der Waals surface area contributed by atoms with Gasteiger partial charge in [-0.1, -0.05) is 42.7 Å². The molecule has 2 unspecified atom stereocenters. The Morgan fingerprint density at radius 2 is 2.06 bits per heavy atom. The standard InChI is InChI=1S/C27H35ClN2O6/c1-3-15-29(19-12-8-7-11-18(19)28)25(33)23-27-14-13-20(36-27)21(26(34)35-4-2)22(27)24(32)30(23)16-9-5-6-10-17-31/h3,7-8,11-12,20-23,31H,1,4-6,9-10,13-17H2,2H3/t20-,21+,22-,23?,27?/m0/s1. The predicted octanol–water partition coefficient (Wildman–Crippen LogP) is 3.35. The van der Waals surface area contributed by atoms with Gasteiger partial charge in [-0.25, -0.2) is 0 Å². The van der Waals surface area contributed by atoms with Crippen LogP contribution in [0.2, 0.25) is 5.02 Å². The molecule has 3 fully saturated rings. The molecule has 36 heavy (non-hydrogen) atoms. The molecule has 0 radical (unpaired) electrons. The molecule has 9 heteroatoms. The molecule has 2 bridgehead atoms. The summed E-state index contributed by atoms with van der Waals surface area (Å²) in [7, 11) is 0. The molecule has 196 valence electrons. The SMILES string of the molecule is C=CCN(C(=O)C1N(CCCCCCO)C(=O)[C@@H]2[C@H](C(=O)OCC)[C@@H]3CCC12O3)c1ccccc1Cl. The van der Waals surface area contributed by atoms with Gasteiger partial charge in [-0.15, -0.1) is 6.58 Å². The molecule has 3 saturated heterocycles. The fourth-order valence-corrected chi connectivity index (χ4v) is 6.42. The van der Waals surface area contributed by atoms with Crippen LogP contribution in [0, 0.1) is 11.8 Å². The molecule has 0 aromatic heterocycles. The van der Waals surface area contributed by atoms with E-state index in [1.54, 1.807) is 47.1 Å². The molecule has 3 heterocycles. The van der Waals surface area contributed by atoms with Crippen LogP contribution >= 0.6 is 11.6 Å². The summed E-state index contributed by atoms with van der Waals surface area (Å²) in [5.74, 6) is -2.42. The van der Waals surface area contributed by atoms with E-state index >= 15 is 0 Å². The highest BCUT2D eigenvalue weighted by Gasteiger charge is 2.75. The van der Waals surface area contributed by atoms with E-state index in [9.17, 15) is 14.4 Å². The minimum atomic E-state index is -1.08. The zero-order valence-electron chi connectivity index (χ0n) is 20.7. The third-order valence-corrected chi connectivity index (χ3v) is 7.94. The van der Waals surface area contributed by atoms with Crippen molar-refractivity contribution in [1.82, 2.24) is 4.90 Å². The highest BCUT2D eigenvalue weighted by molar-refractivity contribution is 6.34. The van der Waals surface area contributed by atoms with Crippen LogP contribution in [-0.4, -0.2) is 71.8 Å². The third kappa shape index (κ3) is 4.55. The number of fused-ring (bicyclic) bond motifs is 1. The molecule has 1 aromatic carbocycles. The zero-order valence-corrected chi connectivity index (χ0v) is 21.5. The Morgan fingerprint density at radius 3 is 2.75 bits per heavy atom. The second-order valence-corrected chi connectivity index (χ2v) is 10.1. The van der Waals surface area contributed by atoms with Crippen molar-refractivity contribution in [2.45, 2.75) is 63.2 Å². The number of halogens is 1. The van der Waals surface area contributed by atoms with Gasteiger partial charge in [-0.05, 0) is 44.7 Å². The molecule has 0 saturated carbocycles. The van der Waals surface area contributed by atoms with Gasteiger partial charge in [0.25, 0.3) is 5.91 Å². The first-order chi connectivity index (χ1) is 17.4. The number of benzene rings is 1. The highest BCUT2D eigenvalue weighted by atomic mass is 35.5. The zero-order chi connectivity index (χ0) is 25.9. The van der Waals surface area contributed by atoms with E-state index in [-0.39, 0.29) is 31.6 Å². The molecule has 2 amide bonds. The summed E-state index contributed by atoms with van der Waals surface area (Å²) < 4.78 is 11.8. The van der Waals surface area contributed by atoms with Gasteiger partial charge in [0, 0.05) is 19.7 Å². The fourth-order valence-electron chi connectivity index (χ4n) is 6.18. The summed E-state index contributed by atoms with van der Waals surface area (Å²) in [5, 5.41) is 9.51. The van der Waals surface area contributed by atoms with Crippen LogP contribution in [0.1, 0.15) is 45.4 Å². The minimum Gasteiger partial charge on any atom is -0.466 e. The number of likely N-dealkylation sites (tertiary alicyclic amines) is 1. The predicted molar refractivity (Wildman–Crippen MR) is 136 cm³/mol. The topological polar surface area (TPSA) is 96.4 Å². The van der Waals surface area contributed by atoms with Crippen LogP contribution in [0.4, 0.5) is 5.69 Å². The van der Waals surface area contributed by atoms with Gasteiger partial charge in [0.15, 0.2) is 0 Å². The maximum absolute atomic E-state index is 14.3. The fraction of sp³-hybridized carbons (Fsp3) is 0.593. The van der Waals surface area contributed by atoms with Crippen molar-refractivity contribution in [3.8, 4) is 0 Å². The summed E-state index contributed by atoms with van der Waals surface area (Å²) >= 11 is 6.47. The lowest BCUT2D eigenvalue weighted by Gasteiger charge is -2.37. The first-order valence-corrected chi connectivity index (χ1v) is 13.2. The van der Waals surface area contributed by atoms with Crippen LogP contribution < -0.4 is 4.90 Å². The molecule has 4 rings (SSSR count). The molecule has 8 nitrogen and oxygen atoms in total. The smallest absolute Gasteiger partial charge is 0.312 e. The van der Waals surface area contributed by atoms with Gasteiger partial charge in [-0.3, -0.25) is 14.4 Å². The van der Waals surface area contributed by atoms with Crippen molar-refractivity contribution in [2.75, 3.05) is 31.2 Å². The number of amides is 2. The second-order valence-electron chi connectivity index (χ2n) is 9.67. The van der Waals surface area contributed by atoms with Crippen molar-refractivity contribution in [2.24, 2.45) is 11.8 Å². The van der Waals surface area contributed by atoms with Gasteiger partial charge in [0.2, 0.25) is 5.91 Å². The maximum atomic E-state index is 14.3. The summed E-state index contributed by atoms with van der Waals surface area (Å²) in [6.45, 7) is 6.47. The molecular formula is C27H35ClN2O6. The molecule has 1 aromatic rings. The molecule has 0 aliphatic carbocycles. The number of carbonyl (C=O) groups is 3. The Labute approximate surface area is 217 Å². The summed E-state index contributed by atoms with van der Waals surface area (Å²) in [5.41, 5.74) is -0.545. The van der Waals surface area contributed by atoms with E-state index in [1.165, 1.54) is 0 Å². The summed E-state index contributed by atoms with van der Waals surface area (Å²) in [6.07, 6.45) is 5.32. The number of esters is 1. The minimum absolute atomic E-state index is 0.125. The Balaban J connectivity index is 1.71. The number of hydrogen-bond donors (Lipinski definition) is 1. The number of carbonyl (C=O) groups excluding carboxylic acids is 3. The molecule has 1 spiro atoms. The van der Waals surface area contributed by atoms with Gasteiger partial charge < -0.3 is 24.4 Å². The van der Waals surface area contributed by atoms with Crippen LogP contribution in [0.5, 0.6) is 0 Å².